The van der Waals surface area contributed by atoms with Crippen LogP contribution >= 0.6 is 0 Å². The highest BCUT2D eigenvalue weighted by Gasteiger charge is 2.14. The first-order valence-electron chi connectivity index (χ1n) is 11.9. The number of allylic oxidation sites excluding steroid dienone is 1. The SMILES string of the molecule is C=C(C)Cn1c(C)cc2c(CCC)c(OCCCCOc3ccc(-c4nn[nH]n4)cc3)ccc21. The third-order valence-corrected chi connectivity index (χ3v) is 5.81. The van der Waals surface area contributed by atoms with Crippen molar-refractivity contribution in [2.45, 2.75) is 53.0 Å². The van der Waals surface area contributed by atoms with Gasteiger partial charge in [-0.2, -0.15) is 5.21 Å². The molecule has 0 aliphatic carbocycles. The summed E-state index contributed by atoms with van der Waals surface area (Å²) in [7, 11) is 0. The Hall–Kier alpha value is -3.61. The molecular weight excluding hydrogens is 426 g/mol. The fourth-order valence-electron chi connectivity index (χ4n) is 4.19. The lowest BCUT2D eigenvalue weighted by molar-refractivity contribution is 0.265. The molecule has 0 aliphatic rings. The topological polar surface area (TPSA) is 77.9 Å². The Kier molecular flexibility index (Phi) is 7.62. The van der Waals surface area contributed by atoms with Gasteiger partial charge < -0.3 is 14.0 Å². The molecule has 4 aromatic rings. The minimum atomic E-state index is 0.576. The predicted octanol–water partition coefficient (Wildman–Crippen LogP) is 5.90. The molecule has 7 heteroatoms. The number of aryl methyl sites for hydroxylation is 2. The van der Waals surface area contributed by atoms with Crippen LogP contribution in [0, 0.1) is 6.92 Å². The van der Waals surface area contributed by atoms with Gasteiger partial charge in [0.2, 0.25) is 5.82 Å². The zero-order chi connectivity index (χ0) is 23.9. The third kappa shape index (κ3) is 5.47. The second-order valence-corrected chi connectivity index (χ2v) is 8.72. The smallest absolute Gasteiger partial charge is 0.204 e. The molecular formula is C27H33N5O2. The minimum absolute atomic E-state index is 0.576. The summed E-state index contributed by atoms with van der Waals surface area (Å²) in [5.74, 6) is 2.41. The number of nitrogens with one attached hydrogen (secondary N) is 1. The van der Waals surface area contributed by atoms with Gasteiger partial charge in [0.05, 0.1) is 13.2 Å². The number of rotatable bonds is 12. The summed E-state index contributed by atoms with van der Waals surface area (Å²) in [6, 6.07) is 14.3. The Labute approximate surface area is 200 Å². The molecule has 0 bridgehead atoms. The van der Waals surface area contributed by atoms with Crippen molar-refractivity contribution in [2.24, 2.45) is 0 Å². The van der Waals surface area contributed by atoms with Gasteiger partial charge in [0, 0.05) is 34.3 Å². The Morgan fingerprint density at radius 3 is 2.50 bits per heavy atom. The van der Waals surface area contributed by atoms with Crippen molar-refractivity contribution < 1.29 is 9.47 Å². The van der Waals surface area contributed by atoms with Crippen molar-refractivity contribution in [3.05, 3.63) is 65.9 Å². The number of unbranched alkanes of at least 4 members (excludes halogenated alkanes) is 1. The van der Waals surface area contributed by atoms with E-state index in [9.17, 15) is 0 Å². The van der Waals surface area contributed by atoms with Crippen LogP contribution in [0.5, 0.6) is 11.5 Å². The Morgan fingerprint density at radius 2 is 1.82 bits per heavy atom. The monoisotopic (exact) mass is 459 g/mol. The number of aromatic nitrogens is 5. The first-order chi connectivity index (χ1) is 16.6. The van der Waals surface area contributed by atoms with Gasteiger partial charge in [0.15, 0.2) is 0 Å². The highest BCUT2D eigenvalue weighted by Crippen LogP contribution is 2.32. The number of hydrogen-bond acceptors (Lipinski definition) is 5. The van der Waals surface area contributed by atoms with E-state index in [2.05, 4.69) is 70.7 Å². The molecule has 0 amide bonds. The van der Waals surface area contributed by atoms with Crippen molar-refractivity contribution in [2.75, 3.05) is 13.2 Å². The van der Waals surface area contributed by atoms with Crippen molar-refractivity contribution in [3.8, 4) is 22.9 Å². The van der Waals surface area contributed by atoms with Gasteiger partial charge in [-0.05, 0) is 80.8 Å². The summed E-state index contributed by atoms with van der Waals surface area (Å²) in [6.07, 6.45) is 3.94. The van der Waals surface area contributed by atoms with Crippen molar-refractivity contribution in [1.82, 2.24) is 25.2 Å². The lowest BCUT2D eigenvalue weighted by Crippen LogP contribution is -2.05. The van der Waals surface area contributed by atoms with Gasteiger partial charge in [-0.3, -0.25) is 0 Å². The summed E-state index contributed by atoms with van der Waals surface area (Å²) in [5, 5.41) is 15.3. The van der Waals surface area contributed by atoms with Crippen molar-refractivity contribution in [3.63, 3.8) is 0 Å². The van der Waals surface area contributed by atoms with Crippen LogP contribution in [-0.4, -0.2) is 38.4 Å². The van der Waals surface area contributed by atoms with E-state index in [1.54, 1.807) is 0 Å². The predicted molar refractivity (Wildman–Crippen MR) is 135 cm³/mol. The van der Waals surface area contributed by atoms with E-state index in [-0.39, 0.29) is 0 Å². The molecule has 0 spiro atoms. The number of benzene rings is 2. The lowest BCUT2D eigenvalue weighted by atomic mass is 10.0. The van der Waals surface area contributed by atoms with Crippen molar-refractivity contribution in [1.29, 1.82) is 0 Å². The molecule has 7 nitrogen and oxygen atoms in total. The van der Waals surface area contributed by atoms with E-state index in [1.807, 2.05) is 24.3 Å². The van der Waals surface area contributed by atoms with E-state index in [0.29, 0.717) is 19.0 Å². The molecule has 0 radical (unpaired) electrons. The lowest BCUT2D eigenvalue weighted by Gasteiger charge is -2.14. The average molecular weight is 460 g/mol. The molecule has 2 heterocycles. The summed E-state index contributed by atoms with van der Waals surface area (Å²) >= 11 is 0. The molecule has 0 saturated heterocycles. The highest BCUT2D eigenvalue weighted by atomic mass is 16.5. The number of nitrogens with zero attached hydrogens (tertiary/aromatic N) is 4. The largest absolute Gasteiger partial charge is 0.494 e. The molecule has 0 atom stereocenters. The van der Waals surface area contributed by atoms with Crippen LogP contribution in [0.25, 0.3) is 22.3 Å². The molecule has 0 saturated carbocycles. The molecule has 2 aromatic heterocycles. The quantitative estimate of drug-likeness (QED) is 0.211. The zero-order valence-corrected chi connectivity index (χ0v) is 20.3. The minimum Gasteiger partial charge on any atom is -0.494 e. The maximum atomic E-state index is 6.23. The first kappa shape index (κ1) is 23.5. The second kappa shape index (κ2) is 11.0. The highest BCUT2D eigenvalue weighted by molar-refractivity contribution is 5.87. The van der Waals surface area contributed by atoms with Gasteiger partial charge >= 0.3 is 0 Å². The van der Waals surface area contributed by atoms with E-state index in [0.717, 1.165) is 54.9 Å². The zero-order valence-electron chi connectivity index (χ0n) is 20.3. The van der Waals surface area contributed by atoms with Crippen LogP contribution in [0.4, 0.5) is 0 Å². The van der Waals surface area contributed by atoms with Gasteiger partial charge in [0.25, 0.3) is 0 Å². The summed E-state index contributed by atoms with van der Waals surface area (Å²) in [5.41, 5.74) is 5.88. The molecule has 34 heavy (non-hydrogen) atoms. The first-order valence-corrected chi connectivity index (χ1v) is 11.9. The summed E-state index contributed by atoms with van der Waals surface area (Å²) in [6.45, 7) is 12.7. The van der Waals surface area contributed by atoms with E-state index in [4.69, 9.17) is 9.47 Å². The molecule has 0 unspecified atom stereocenters. The van der Waals surface area contributed by atoms with E-state index < -0.39 is 0 Å². The molecule has 2 aromatic carbocycles. The average Bonchev–Trinajstić information content (AvgIpc) is 3.46. The molecule has 178 valence electrons. The number of H-pyrrole nitrogens is 1. The van der Waals surface area contributed by atoms with Crippen LogP contribution in [0.2, 0.25) is 0 Å². The Bertz CT molecular complexity index is 1230. The van der Waals surface area contributed by atoms with Crippen LogP contribution in [-0.2, 0) is 13.0 Å². The summed E-state index contributed by atoms with van der Waals surface area (Å²) < 4.78 is 14.4. The van der Waals surface area contributed by atoms with Gasteiger partial charge in [0.1, 0.15) is 11.5 Å². The second-order valence-electron chi connectivity index (χ2n) is 8.72. The van der Waals surface area contributed by atoms with E-state index in [1.165, 1.54) is 22.2 Å². The number of aromatic amines is 1. The van der Waals surface area contributed by atoms with Gasteiger partial charge in [-0.1, -0.05) is 25.5 Å². The third-order valence-electron chi connectivity index (χ3n) is 5.81. The Balaban J connectivity index is 1.30. The van der Waals surface area contributed by atoms with Crippen LogP contribution < -0.4 is 9.47 Å². The van der Waals surface area contributed by atoms with Gasteiger partial charge in [-0.15, -0.1) is 10.2 Å². The van der Waals surface area contributed by atoms with Crippen molar-refractivity contribution >= 4 is 10.9 Å². The number of tetrazole rings is 1. The maximum absolute atomic E-state index is 6.23. The summed E-state index contributed by atoms with van der Waals surface area (Å²) in [4.78, 5) is 0. The fourth-order valence-corrected chi connectivity index (χ4v) is 4.19. The van der Waals surface area contributed by atoms with Crippen LogP contribution in [0.1, 0.15) is 44.4 Å². The van der Waals surface area contributed by atoms with Crippen LogP contribution in [0.3, 0.4) is 0 Å². The fraction of sp³-hybridized carbons (Fsp3) is 0.370. The Morgan fingerprint density at radius 1 is 1.06 bits per heavy atom. The standard InChI is InChI=1S/C27H33N5O2/c1-5-8-23-24-17-20(4)32(18-19(2)3)25(24)13-14-26(23)34-16-7-6-15-33-22-11-9-21(10-12-22)27-28-30-31-29-27/h9-14,17H,2,5-8,15-16,18H2,1,3-4H3,(H,28,29,30,31). The normalized spacial score (nSPS) is 11.1. The molecule has 1 N–H and O–H groups in total. The molecule has 0 fully saturated rings. The number of ether oxygens (including phenoxy) is 2. The van der Waals surface area contributed by atoms with Crippen LogP contribution in [0.15, 0.2) is 54.6 Å². The van der Waals surface area contributed by atoms with E-state index >= 15 is 0 Å². The molecule has 0 aliphatic heterocycles. The number of hydrogen-bond donors (Lipinski definition) is 1. The maximum Gasteiger partial charge on any atom is 0.204 e. The number of fused-ring (bicyclic) bond motifs is 1. The molecule has 4 rings (SSSR count). The van der Waals surface area contributed by atoms with Gasteiger partial charge in [-0.25, -0.2) is 0 Å².